The number of hydrogen-bond acceptors (Lipinski definition) is 3. The van der Waals surface area contributed by atoms with Crippen molar-refractivity contribution in [3.05, 3.63) is 11.8 Å². The Morgan fingerprint density at radius 1 is 1.60 bits per heavy atom. The van der Waals surface area contributed by atoms with Crippen LogP contribution in [0, 0.1) is 6.92 Å². The summed E-state index contributed by atoms with van der Waals surface area (Å²) in [6.45, 7) is 5.09. The number of H-pyrrole nitrogens is 1. The molecule has 84 valence electrons. The van der Waals surface area contributed by atoms with Crippen molar-refractivity contribution in [2.45, 2.75) is 26.7 Å². The molecule has 0 aliphatic carbocycles. The van der Waals surface area contributed by atoms with Crippen LogP contribution in [0.4, 0.5) is 5.82 Å². The minimum atomic E-state index is -0.0570. The van der Waals surface area contributed by atoms with E-state index in [9.17, 15) is 4.79 Å². The molecule has 1 aromatic rings. The van der Waals surface area contributed by atoms with Crippen LogP contribution in [0.3, 0.4) is 0 Å². The van der Waals surface area contributed by atoms with E-state index in [1.54, 1.807) is 6.20 Å². The Morgan fingerprint density at radius 2 is 2.40 bits per heavy atom. The third-order valence-electron chi connectivity index (χ3n) is 1.92. The highest BCUT2D eigenvalue weighted by Gasteiger charge is 2.05. The van der Waals surface area contributed by atoms with E-state index in [4.69, 9.17) is 4.74 Å². The van der Waals surface area contributed by atoms with Crippen LogP contribution in [0.15, 0.2) is 6.20 Å². The molecule has 0 unspecified atom stereocenters. The first kappa shape index (κ1) is 11.7. The lowest BCUT2D eigenvalue weighted by molar-refractivity contribution is -0.117. The van der Waals surface area contributed by atoms with E-state index < -0.39 is 0 Å². The van der Waals surface area contributed by atoms with E-state index >= 15 is 0 Å². The van der Waals surface area contributed by atoms with Gasteiger partial charge in [-0.2, -0.15) is 5.10 Å². The average Bonchev–Trinajstić information content (AvgIpc) is 2.59. The maximum Gasteiger partial charge on any atom is 0.227 e. The van der Waals surface area contributed by atoms with E-state index in [0.29, 0.717) is 25.5 Å². The second-order valence-corrected chi connectivity index (χ2v) is 3.34. The Morgan fingerprint density at radius 3 is 3.00 bits per heavy atom. The van der Waals surface area contributed by atoms with Crippen LogP contribution in [-0.4, -0.2) is 29.3 Å². The molecule has 0 atom stereocenters. The zero-order valence-corrected chi connectivity index (χ0v) is 9.17. The standard InChI is InChI=1S/C10H17N3O2/c1-3-5-15-6-4-9(14)12-10-8(2)7-11-13-10/h7H,3-6H2,1-2H3,(H2,11,12,13,14). The minimum Gasteiger partial charge on any atom is -0.381 e. The molecule has 0 aromatic carbocycles. The molecule has 1 heterocycles. The number of carbonyl (C=O) groups is 1. The van der Waals surface area contributed by atoms with Crippen molar-refractivity contribution in [1.29, 1.82) is 0 Å². The van der Waals surface area contributed by atoms with E-state index in [1.165, 1.54) is 0 Å². The largest absolute Gasteiger partial charge is 0.381 e. The molecule has 0 saturated heterocycles. The zero-order valence-electron chi connectivity index (χ0n) is 9.17. The summed E-state index contributed by atoms with van der Waals surface area (Å²) in [5.74, 6) is 0.606. The van der Waals surface area contributed by atoms with Gasteiger partial charge in [-0.3, -0.25) is 9.89 Å². The highest BCUT2D eigenvalue weighted by Crippen LogP contribution is 2.08. The Bertz CT molecular complexity index is 309. The van der Waals surface area contributed by atoms with E-state index in [1.807, 2.05) is 13.8 Å². The molecule has 0 aliphatic heterocycles. The van der Waals surface area contributed by atoms with Crippen LogP contribution in [0.1, 0.15) is 25.3 Å². The third kappa shape index (κ3) is 4.12. The molecule has 1 rings (SSSR count). The van der Waals surface area contributed by atoms with Crippen LogP contribution in [-0.2, 0) is 9.53 Å². The number of rotatable bonds is 6. The van der Waals surface area contributed by atoms with Gasteiger partial charge >= 0.3 is 0 Å². The lowest BCUT2D eigenvalue weighted by Gasteiger charge is -2.04. The Kier molecular flexibility index (Phi) is 4.83. The first-order valence-corrected chi connectivity index (χ1v) is 5.11. The number of amides is 1. The van der Waals surface area contributed by atoms with Crippen LogP contribution in [0.25, 0.3) is 0 Å². The van der Waals surface area contributed by atoms with E-state index in [0.717, 1.165) is 12.0 Å². The Balaban J connectivity index is 2.22. The van der Waals surface area contributed by atoms with Gasteiger partial charge in [0.2, 0.25) is 5.91 Å². The predicted molar refractivity (Wildman–Crippen MR) is 57.7 cm³/mol. The number of aryl methyl sites for hydroxylation is 1. The van der Waals surface area contributed by atoms with Crippen molar-refractivity contribution in [3.63, 3.8) is 0 Å². The molecular weight excluding hydrogens is 194 g/mol. The Hall–Kier alpha value is -1.36. The topological polar surface area (TPSA) is 67.0 Å². The SMILES string of the molecule is CCCOCCC(=O)Nc1[nH]ncc1C. The monoisotopic (exact) mass is 211 g/mol. The summed E-state index contributed by atoms with van der Waals surface area (Å²) in [6.07, 6.45) is 3.02. The molecule has 0 bridgehead atoms. The highest BCUT2D eigenvalue weighted by molar-refractivity contribution is 5.90. The fourth-order valence-corrected chi connectivity index (χ4v) is 1.09. The number of nitrogens with zero attached hydrogens (tertiary/aromatic N) is 1. The van der Waals surface area contributed by atoms with Crippen LogP contribution in [0.5, 0.6) is 0 Å². The van der Waals surface area contributed by atoms with Crippen LogP contribution in [0.2, 0.25) is 0 Å². The molecule has 2 N–H and O–H groups in total. The second kappa shape index (κ2) is 6.19. The highest BCUT2D eigenvalue weighted by atomic mass is 16.5. The molecule has 5 heteroatoms. The van der Waals surface area contributed by atoms with E-state index in [-0.39, 0.29) is 5.91 Å². The van der Waals surface area contributed by atoms with Crippen molar-refractivity contribution < 1.29 is 9.53 Å². The molecule has 0 fully saturated rings. The molecule has 0 radical (unpaired) electrons. The molecule has 0 aliphatic rings. The Labute approximate surface area is 89.2 Å². The fraction of sp³-hybridized carbons (Fsp3) is 0.600. The molecule has 15 heavy (non-hydrogen) atoms. The summed E-state index contributed by atoms with van der Waals surface area (Å²) in [7, 11) is 0. The molecule has 0 saturated carbocycles. The van der Waals surface area contributed by atoms with Gasteiger partial charge in [-0.1, -0.05) is 6.92 Å². The van der Waals surface area contributed by atoms with Crippen molar-refractivity contribution in [2.24, 2.45) is 0 Å². The second-order valence-electron chi connectivity index (χ2n) is 3.34. The normalized spacial score (nSPS) is 10.3. The number of hydrogen-bond donors (Lipinski definition) is 2. The van der Waals surface area contributed by atoms with Gasteiger partial charge in [0.05, 0.1) is 19.2 Å². The molecular formula is C10H17N3O2. The third-order valence-corrected chi connectivity index (χ3v) is 1.92. The molecule has 1 aromatic heterocycles. The molecule has 5 nitrogen and oxygen atoms in total. The number of anilines is 1. The van der Waals surface area contributed by atoms with Gasteiger partial charge in [0.1, 0.15) is 5.82 Å². The van der Waals surface area contributed by atoms with Crippen LogP contribution >= 0.6 is 0 Å². The van der Waals surface area contributed by atoms with Crippen LogP contribution < -0.4 is 5.32 Å². The van der Waals surface area contributed by atoms with Gasteiger partial charge in [0.15, 0.2) is 0 Å². The number of aromatic amines is 1. The van der Waals surface area contributed by atoms with Gasteiger partial charge < -0.3 is 10.1 Å². The number of aromatic nitrogens is 2. The lowest BCUT2D eigenvalue weighted by Crippen LogP contribution is -2.15. The minimum absolute atomic E-state index is 0.0570. The zero-order chi connectivity index (χ0) is 11.1. The van der Waals surface area contributed by atoms with Crippen molar-refractivity contribution in [1.82, 2.24) is 10.2 Å². The quantitative estimate of drug-likeness (QED) is 0.700. The summed E-state index contributed by atoms with van der Waals surface area (Å²) in [5, 5.41) is 9.26. The van der Waals surface area contributed by atoms with Gasteiger partial charge in [-0.25, -0.2) is 0 Å². The van der Waals surface area contributed by atoms with Gasteiger partial charge in [0, 0.05) is 12.2 Å². The van der Waals surface area contributed by atoms with Crippen molar-refractivity contribution in [2.75, 3.05) is 18.5 Å². The lowest BCUT2D eigenvalue weighted by atomic mass is 10.3. The smallest absolute Gasteiger partial charge is 0.227 e. The predicted octanol–water partition coefficient (Wildman–Crippen LogP) is 1.47. The maximum atomic E-state index is 11.4. The van der Waals surface area contributed by atoms with Gasteiger partial charge in [-0.05, 0) is 13.3 Å². The summed E-state index contributed by atoms with van der Waals surface area (Å²) in [6, 6.07) is 0. The van der Waals surface area contributed by atoms with E-state index in [2.05, 4.69) is 15.5 Å². The van der Waals surface area contributed by atoms with Gasteiger partial charge in [0.25, 0.3) is 0 Å². The number of nitrogens with one attached hydrogen (secondary N) is 2. The first-order chi connectivity index (χ1) is 7.24. The summed E-state index contributed by atoms with van der Waals surface area (Å²) in [5.41, 5.74) is 0.929. The average molecular weight is 211 g/mol. The van der Waals surface area contributed by atoms with Crippen molar-refractivity contribution in [3.8, 4) is 0 Å². The summed E-state index contributed by atoms with van der Waals surface area (Å²) >= 11 is 0. The number of carbonyl (C=O) groups excluding carboxylic acids is 1. The summed E-state index contributed by atoms with van der Waals surface area (Å²) in [4.78, 5) is 11.4. The number of ether oxygens (including phenoxy) is 1. The maximum absolute atomic E-state index is 11.4. The molecule has 1 amide bonds. The van der Waals surface area contributed by atoms with Crippen molar-refractivity contribution >= 4 is 11.7 Å². The first-order valence-electron chi connectivity index (χ1n) is 5.11. The fourth-order valence-electron chi connectivity index (χ4n) is 1.09. The molecule has 0 spiro atoms. The summed E-state index contributed by atoms with van der Waals surface area (Å²) < 4.78 is 5.22. The van der Waals surface area contributed by atoms with Gasteiger partial charge in [-0.15, -0.1) is 0 Å².